The SMILES string of the molecule is Fc1ccc(-c2ccnc3cc(CN4CC[C@@H](F)C4)ccc23)cc1. The molecule has 1 aromatic heterocycles. The number of nitrogens with zero attached hydrogens (tertiary/aromatic N) is 2. The largest absolute Gasteiger partial charge is 0.296 e. The molecule has 3 aromatic rings. The Balaban J connectivity index is 1.67. The van der Waals surface area contributed by atoms with Gasteiger partial charge in [-0.25, -0.2) is 8.78 Å². The average Bonchev–Trinajstić information content (AvgIpc) is 3.00. The van der Waals surface area contributed by atoms with Crippen LogP contribution < -0.4 is 0 Å². The molecule has 1 atom stereocenters. The molecule has 0 amide bonds. The van der Waals surface area contributed by atoms with Crippen LogP contribution >= 0.6 is 0 Å². The van der Waals surface area contributed by atoms with Crippen molar-refractivity contribution in [2.75, 3.05) is 13.1 Å². The van der Waals surface area contributed by atoms with Gasteiger partial charge in [0, 0.05) is 31.2 Å². The van der Waals surface area contributed by atoms with E-state index in [4.69, 9.17) is 0 Å². The maximum Gasteiger partial charge on any atom is 0.123 e. The van der Waals surface area contributed by atoms with E-state index in [1.165, 1.54) is 12.1 Å². The Labute approximate surface area is 139 Å². The van der Waals surface area contributed by atoms with Gasteiger partial charge in [0.1, 0.15) is 12.0 Å². The summed E-state index contributed by atoms with van der Waals surface area (Å²) in [6.07, 6.45) is 1.70. The second kappa shape index (κ2) is 6.29. The van der Waals surface area contributed by atoms with Crippen molar-refractivity contribution >= 4 is 10.9 Å². The zero-order valence-electron chi connectivity index (χ0n) is 13.3. The van der Waals surface area contributed by atoms with E-state index < -0.39 is 6.17 Å². The number of benzene rings is 2. The number of alkyl halides is 1. The first-order valence-corrected chi connectivity index (χ1v) is 8.19. The molecule has 1 aliphatic heterocycles. The van der Waals surface area contributed by atoms with Crippen molar-refractivity contribution in [3.63, 3.8) is 0 Å². The number of halogens is 2. The summed E-state index contributed by atoms with van der Waals surface area (Å²) in [7, 11) is 0. The maximum atomic E-state index is 13.3. The lowest BCUT2D eigenvalue weighted by Gasteiger charge is -2.15. The molecule has 1 saturated heterocycles. The Morgan fingerprint density at radius 3 is 2.67 bits per heavy atom. The van der Waals surface area contributed by atoms with Gasteiger partial charge in [0.25, 0.3) is 0 Å². The van der Waals surface area contributed by atoms with Crippen molar-refractivity contribution in [2.45, 2.75) is 19.1 Å². The summed E-state index contributed by atoms with van der Waals surface area (Å²) in [4.78, 5) is 6.60. The number of likely N-dealkylation sites (tertiary alicyclic amines) is 1. The number of hydrogen-bond acceptors (Lipinski definition) is 2. The third-order valence-electron chi connectivity index (χ3n) is 4.58. The highest BCUT2D eigenvalue weighted by molar-refractivity contribution is 5.94. The van der Waals surface area contributed by atoms with Crippen molar-refractivity contribution in [1.29, 1.82) is 0 Å². The standard InChI is InChI=1S/C20H18F2N2/c21-16-4-2-15(3-5-16)18-7-9-23-20-11-14(1-6-19(18)20)12-24-10-8-17(22)13-24/h1-7,9,11,17H,8,10,12-13H2/t17-/m1/s1. The van der Waals surface area contributed by atoms with Gasteiger partial charge in [0.05, 0.1) is 5.52 Å². The molecule has 2 heterocycles. The van der Waals surface area contributed by atoms with Gasteiger partial charge in [0.2, 0.25) is 0 Å². The Morgan fingerprint density at radius 1 is 1.08 bits per heavy atom. The Bertz CT molecular complexity index is 861. The normalized spacial score (nSPS) is 18.3. The van der Waals surface area contributed by atoms with Crippen LogP contribution in [0.4, 0.5) is 8.78 Å². The molecule has 0 spiro atoms. The highest BCUT2D eigenvalue weighted by atomic mass is 19.1. The van der Waals surface area contributed by atoms with Gasteiger partial charge in [-0.2, -0.15) is 0 Å². The molecule has 1 aliphatic rings. The topological polar surface area (TPSA) is 16.1 Å². The van der Waals surface area contributed by atoms with Gasteiger partial charge in [-0.05, 0) is 47.4 Å². The van der Waals surface area contributed by atoms with E-state index in [0.717, 1.165) is 40.7 Å². The van der Waals surface area contributed by atoms with E-state index >= 15 is 0 Å². The summed E-state index contributed by atoms with van der Waals surface area (Å²) in [6, 6.07) is 14.6. The fourth-order valence-corrected chi connectivity index (χ4v) is 3.36. The van der Waals surface area contributed by atoms with Gasteiger partial charge < -0.3 is 0 Å². The first-order valence-electron chi connectivity index (χ1n) is 8.19. The zero-order valence-corrected chi connectivity index (χ0v) is 13.3. The molecular weight excluding hydrogens is 306 g/mol. The van der Waals surface area contributed by atoms with Gasteiger partial charge in [-0.15, -0.1) is 0 Å². The summed E-state index contributed by atoms with van der Waals surface area (Å²) in [6.45, 7) is 2.07. The van der Waals surface area contributed by atoms with E-state index in [1.807, 2.05) is 6.07 Å². The van der Waals surface area contributed by atoms with Crippen LogP contribution in [0.5, 0.6) is 0 Å². The minimum atomic E-state index is -0.700. The first kappa shape index (κ1) is 15.2. The van der Waals surface area contributed by atoms with Crippen LogP contribution in [0.2, 0.25) is 0 Å². The molecule has 24 heavy (non-hydrogen) atoms. The third kappa shape index (κ3) is 3.02. The van der Waals surface area contributed by atoms with Crippen molar-refractivity contribution in [1.82, 2.24) is 9.88 Å². The highest BCUT2D eigenvalue weighted by Gasteiger charge is 2.21. The highest BCUT2D eigenvalue weighted by Crippen LogP contribution is 2.28. The molecule has 0 saturated carbocycles. The van der Waals surface area contributed by atoms with Gasteiger partial charge in [-0.3, -0.25) is 9.88 Å². The Hall–Kier alpha value is -2.33. The van der Waals surface area contributed by atoms with Gasteiger partial charge in [-0.1, -0.05) is 24.3 Å². The monoisotopic (exact) mass is 324 g/mol. The summed E-state index contributed by atoms with van der Waals surface area (Å²) in [5.41, 5.74) is 4.05. The summed E-state index contributed by atoms with van der Waals surface area (Å²) in [5.74, 6) is -0.240. The Morgan fingerprint density at radius 2 is 1.92 bits per heavy atom. The van der Waals surface area contributed by atoms with Gasteiger partial charge >= 0.3 is 0 Å². The van der Waals surface area contributed by atoms with E-state index in [9.17, 15) is 8.78 Å². The maximum absolute atomic E-state index is 13.3. The van der Waals surface area contributed by atoms with Crippen LogP contribution in [0, 0.1) is 5.82 Å². The molecule has 4 heteroatoms. The van der Waals surface area contributed by atoms with Crippen molar-refractivity contribution < 1.29 is 8.78 Å². The number of rotatable bonds is 3. The number of hydrogen-bond donors (Lipinski definition) is 0. The van der Waals surface area contributed by atoms with Crippen LogP contribution in [0.15, 0.2) is 54.7 Å². The predicted octanol–water partition coefficient (Wildman–Crippen LogP) is 4.58. The lowest BCUT2D eigenvalue weighted by molar-refractivity contribution is 0.282. The van der Waals surface area contributed by atoms with E-state index in [-0.39, 0.29) is 5.82 Å². The summed E-state index contributed by atoms with van der Waals surface area (Å²) < 4.78 is 26.5. The molecule has 2 aromatic carbocycles. The minimum Gasteiger partial charge on any atom is -0.296 e. The lowest BCUT2D eigenvalue weighted by atomic mass is 10.00. The molecule has 1 fully saturated rings. The van der Waals surface area contributed by atoms with E-state index in [0.29, 0.717) is 13.0 Å². The molecule has 2 nitrogen and oxygen atoms in total. The zero-order chi connectivity index (χ0) is 16.5. The molecule has 0 bridgehead atoms. The summed E-state index contributed by atoms with van der Waals surface area (Å²) in [5, 5.41) is 1.04. The molecular formula is C20H18F2N2. The summed E-state index contributed by atoms with van der Waals surface area (Å²) >= 11 is 0. The van der Waals surface area contributed by atoms with Crippen LogP contribution in [0.25, 0.3) is 22.0 Å². The van der Waals surface area contributed by atoms with Crippen LogP contribution in [-0.4, -0.2) is 29.1 Å². The molecule has 0 N–H and O–H groups in total. The fraction of sp³-hybridized carbons (Fsp3) is 0.250. The third-order valence-corrected chi connectivity index (χ3v) is 4.58. The minimum absolute atomic E-state index is 0.240. The number of fused-ring (bicyclic) bond motifs is 1. The number of pyridine rings is 1. The number of aromatic nitrogens is 1. The second-order valence-corrected chi connectivity index (χ2v) is 6.34. The average molecular weight is 324 g/mol. The molecule has 0 unspecified atom stereocenters. The smallest absolute Gasteiger partial charge is 0.123 e. The second-order valence-electron chi connectivity index (χ2n) is 6.34. The van der Waals surface area contributed by atoms with E-state index in [1.54, 1.807) is 18.3 Å². The fourth-order valence-electron chi connectivity index (χ4n) is 3.36. The van der Waals surface area contributed by atoms with Crippen LogP contribution in [0.1, 0.15) is 12.0 Å². The van der Waals surface area contributed by atoms with Crippen molar-refractivity contribution in [2.24, 2.45) is 0 Å². The Kier molecular flexibility index (Phi) is 3.98. The predicted molar refractivity (Wildman–Crippen MR) is 91.9 cm³/mol. The molecule has 0 aliphatic carbocycles. The molecule has 4 rings (SSSR count). The lowest BCUT2D eigenvalue weighted by Crippen LogP contribution is -2.20. The quantitative estimate of drug-likeness (QED) is 0.701. The first-order chi connectivity index (χ1) is 11.7. The van der Waals surface area contributed by atoms with Crippen molar-refractivity contribution in [3.05, 3.63) is 66.1 Å². The van der Waals surface area contributed by atoms with Crippen LogP contribution in [-0.2, 0) is 6.54 Å². The van der Waals surface area contributed by atoms with E-state index in [2.05, 4.69) is 28.1 Å². The molecule has 122 valence electrons. The molecule has 0 radical (unpaired) electrons. The van der Waals surface area contributed by atoms with Gasteiger partial charge in [0.15, 0.2) is 0 Å². The van der Waals surface area contributed by atoms with Crippen LogP contribution in [0.3, 0.4) is 0 Å². The van der Waals surface area contributed by atoms with Crippen molar-refractivity contribution in [3.8, 4) is 11.1 Å².